The van der Waals surface area contributed by atoms with Crippen LogP contribution in [0, 0.1) is 0 Å². The number of nitrogens with one attached hydrogen (secondary N) is 2. The van der Waals surface area contributed by atoms with Gasteiger partial charge in [0, 0.05) is 22.7 Å². The lowest BCUT2D eigenvalue weighted by atomic mass is 10.2. The van der Waals surface area contributed by atoms with Gasteiger partial charge in [-0.1, -0.05) is 30.3 Å². The average Bonchev–Trinajstić information content (AvgIpc) is 3.14. The Labute approximate surface area is 186 Å². The molecule has 0 spiro atoms. The van der Waals surface area contributed by atoms with Gasteiger partial charge in [0.2, 0.25) is 0 Å². The highest BCUT2D eigenvalue weighted by atomic mass is 127. The molecule has 0 aliphatic rings. The summed E-state index contributed by atoms with van der Waals surface area (Å²) in [5.41, 5.74) is 1.07. The van der Waals surface area contributed by atoms with Crippen molar-refractivity contribution in [2.24, 2.45) is 4.99 Å². The molecule has 0 saturated heterocycles. The normalized spacial score (nSPS) is 12.3. The van der Waals surface area contributed by atoms with Crippen molar-refractivity contribution >= 4 is 51.4 Å². The number of aliphatic hydroxyl groups is 1. The number of thiophene rings is 1. The standard InChI is InChI=1S/C21H25N3O2S.HI/c1-3-22-21(23-13-15-7-6-9-17(11-15)26-2)24-14-18(25)20-12-16-8-4-5-10-19(16)27-20;/h4-12,18,25H,3,13-14H2,1-2H3,(H2,22,23,24);1H. The van der Waals surface area contributed by atoms with Gasteiger partial charge in [-0.15, -0.1) is 35.3 Å². The lowest BCUT2D eigenvalue weighted by Gasteiger charge is -2.14. The van der Waals surface area contributed by atoms with Crippen molar-refractivity contribution in [2.75, 3.05) is 20.2 Å². The van der Waals surface area contributed by atoms with Crippen LogP contribution in [0.2, 0.25) is 0 Å². The number of aliphatic imine (C=N–C) groups is 1. The van der Waals surface area contributed by atoms with E-state index in [1.54, 1.807) is 18.4 Å². The van der Waals surface area contributed by atoms with Crippen LogP contribution >= 0.6 is 35.3 Å². The van der Waals surface area contributed by atoms with Crippen LogP contribution in [0.15, 0.2) is 59.6 Å². The molecule has 28 heavy (non-hydrogen) atoms. The van der Waals surface area contributed by atoms with Crippen molar-refractivity contribution < 1.29 is 9.84 Å². The molecule has 1 heterocycles. The molecule has 0 bridgehead atoms. The fourth-order valence-corrected chi connectivity index (χ4v) is 3.79. The van der Waals surface area contributed by atoms with Crippen LogP contribution in [0.5, 0.6) is 5.75 Å². The van der Waals surface area contributed by atoms with Gasteiger partial charge in [-0.3, -0.25) is 0 Å². The smallest absolute Gasteiger partial charge is 0.191 e. The number of rotatable bonds is 7. The second kappa shape index (κ2) is 11.2. The van der Waals surface area contributed by atoms with Gasteiger partial charge < -0.3 is 20.5 Å². The van der Waals surface area contributed by atoms with Crippen LogP contribution in [-0.4, -0.2) is 31.3 Å². The van der Waals surface area contributed by atoms with E-state index in [1.807, 2.05) is 49.4 Å². The van der Waals surface area contributed by atoms with E-state index in [0.29, 0.717) is 19.0 Å². The van der Waals surface area contributed by atoms with Crippen LogP contribution in [0.1, 0.15) is 23.5 Å². The number of aliphatic hydroxyl groups excluding tert-OH is 1. The molecule has 150 valence electrons. The van der Waals surface area contributed by atoms with Gasteiger partial charge in [0.15, 0.2) is 5.96 Å². The van der Waals surface area contributed by atoms with Crippen molar-refractivity contribution in [2.45, 2.75) is 19.6 Å². The minimum absolute atomic E-state index is 0. The van der Waals surface area contributed by atoms with Crippen LogP contribution in [0.4, 0.5) is 0 Å². The monoisotopic (exact) mass is 511 g/mol. The average molecular weight is 511 g/mol. The number of benzene rings is 2. The lowest BCUT2D eigenvalue weighted by Crippen LogP contribution is -2.39. The van der Waals surface area contributed by atoms with E-state index in [4.69, 9.17) is 4.74 Å². The summed E-state index contributed by atoms with van der Waals surface area (Å²) in [6, 6.07) is 18.1. The largest absolute Gasteiger partial charge is 0.497 e. The second-order valence-corrected chi connectivity index (χ2v) is 7.25. The van der Waals surface area contributed by atoms with Crippen molar-refractivity contribution in [3.8, 4) is 5.75 Å². The Morgan fingerprint density at radius 3 is 2.71 bits per heavy atom. The summed E-state index contributed by atoms with van der Waals surface area (Å²) in [6.45, 7) is 3.70. The van der Waals surface area contributed by atoms with Gasteiger partial charge >= 0.3 is 0 Å². The maximum absolute atomic E-state index is 10.5. The van der Waals surface area contributed by atoms with E-state index < -0.39 is 6.10 Å². The fraction of sp³-hybridized carbons (Fsp3) is 0.286. The Kier molecular flexibility index (Phi) is 9.01. The maximum atomic E-state index is 10.5. The minimum atomic E-state index is -0.580. The third kappa shape index (κ3) is 6.08. The molecule has 0 saturated carbocycles. The summed E-state index contributed by atoms with van der Waals surface area (Å²) in [6.07, 6.45) is -0.580. The van der Waals surface area contributed by atoms with Gasteiger partial charge in [0.1, 0.15) is 11.9 Å². The van der Waals surface area contributed by atoms with Gasteiger partial charge in [0.25, 0.3) is 0 Å². The van der Waals surface area contributed by atoms with Crippen LogP contribution in [-0.2, 0) is 6.54 Å². The zero-order valence-electron chi connectivity index (χ0n) is 16.0. The van der Waals surface area contributed by atoms with Crippen LogP contribution in [0.25, 0.3) is 10.1 Å². The molecular weight excluding hydrogens is 485 g/mol. The highest BCUT2D eigenvalue weighted by molar-refractivity contribution is 14.0. The summed E-state index contributed by atoms with van der Waals surface area (Å²) in [4.78, 5) is 5.55. The highest BCUT2D eigenvalue weighted by Gasteiger charge is 2.12. The molecule has 5 nitrogen and oxygen atoms in total. The Morgan fingerprint density at radius 1 is 1.14 bits per heavy atom. The predicted molar refractivity (Wildman–Crippen MR) is 128 cm³/mol. The number of guanidine groups is 1. The van der Waals surface area contributed by atoms with Crippen molar-refractivity contribution in [3.05, 3.63) is 65.0 Å². The molecule has 0 aliphatic heterocycles. The van der Waals surface area contributed by atoms with Gasteiger partial charge in [-0.05, 0) is 42.1 Å². The third-order valence-corrected chi connectivity index (χ3v) is 5.35. The summed E-state index contributed by atoms with van der Waals surface area (Å²) >= 11 is 1.62. The van der Waals surface area contributed by atoms with Crippen LogP contribution in [0.3, 0.4) is 0 Å². The summed E-state index contributed by atoms with van der Waals surface area (Å²) in [5, 5.41) is 18.1. The number of halogens is 1. The number of hydrogen-bond donors (Lipinski definition) is 3. The van der Waals surface area contributed by atoms with Crippen molar-refractivity contribution in [1.29, 1.82) is 0 Å². The molecule has 0 radical (unpaired) electrons. The SMILES string of the molecule is CCNC(=NCc1cccc(OC)c1)NCC(O)c1cc2ccccc2s1.I. The summed E-state index contributed by atoms with van der Waals surface area (Å²) < 4.78 is 6.44. The summed E-state index contributed by atoms with van der Waals surface area (Å²) in [7, 11) is 1.66. The first-order chi connectivity index (χ1) is 13.2. The number of hydrogen-bond acceptors (Lipinski definition) is 4. The molecule has 0 aliphatic carbocycles. The fourth-order valence-electron chi connectivity index (χ4n) is 2.74. The maximum Gasteiger partial charge on any atom is 0.191 e. The summed E-state index contributed by atoms with van der Waals surface area (Å²) in [5.74, 6) is 1.50. The Balaban J connectivity index is 0.00000280. The third-order valence-electron chi connectivity index (χ3n) is 4.13. The predicted octanol–water partition coefficient (Wildman–Crippen LogP) is 4.32. The van der Waals surface area contributed by atoms with Gasteiger partial charge in [0.05, 0.1) is 13.7 Å². The molecule has 0 fully saturated rings. The second-order valence-electron chi connectivity index (χ2n) is 6.13. The van der Waals surface area contributed by atoms with Gasteiger partial charge in [-0.25, -0.2) is 4.99 Å². The first-order valence-electron chi connectivity index (χ1n) is 9.01. The molecule has 3 rings (SSSR count). The van der Waals surface area contributed by atoms with Crippen molar-refractivity contribution in [1.82, 2.24) is 10.6 Å². The molecule has 0 amide bonds. The molecule has 7 heteroatoms. The Bertz CT molecular complexity index is 880. The molecule has 3 N–H and O–H groups in total. The van der Waals surface area contributed by atoms with E-state index >= 15 is 0 Å². The van der Waals surface area contributed by atoms with E-state index in [1.165, 1.54) is 4.70 Å². The number of methoxy groups -OCH3 is 1. The Morgan fingerprint density at radius 2 is 1.96 bits per heavy atom. The number of nitrogens with zero attached hydrogens (tertiary/aromatic N) is 1. The minimum Gasteiger partial charge on any atom is -0.497 e. The highest BCUT2D eigenvalue weighted by Crippen LogP contribution is 2.29. The molecular formula is C21H26IN3O2S. The zero-order valence-corrected chi connectivity index (χ0v) is 19.2. The first-order valence-corrected chi connectivity index (χ1v) is 9.83. The number of fused-ring (bicyclic) bond motifs is 1. The van der Waals surface area contributed by atoms with Gasteiger partial charge in [-0.2, -0.15) is 0 Å². The van der Waals surface area contributed by atoms with E-state index in [9.17, 15) is 5.11 Å². The van der Waals surface area contributed by atoms with Crippen molar-refractivity contribution in [3.63, 3.8) is 0 Å². The topological polar surface area (TPSA) is 65.9 Å². The lowest BCUT2D eigenvalue weighted by molar-refractivity contribution is 0.184. The van der Waals surface area contributed by atoms with Crippen LogP contribution < -0.4 is 15.4 Å². The van der Waals surface area contributed by atoms with E-state index in [2.05, 4.69) is 27.8 Å². The first kappa shape index (κ1) is 22.4. The Hall–Kier alpha value is -1.84. The molecule has 2 aromatic carbocycles. The number of ether oxygens (including phenoxy) is 1. The quantitative estimate of drug-likeness (QED) is 0.251. The molecule has 3 aromatic rings. The van der Waals surface area contributed by atoms with E-state index in [0.717, 1.165) is 28.1 Å². The molecule has 1 atom stereocenters. The zero-order chi connectivity index (χ0) is 19.1. The molecule has 1 unspecified atom stereocenters. The van der Waals surface area contributed by atoms with E-state index in [-0.39, 0.29) is 24.0 Å². The molecule has 1 aromatic heterocycles.